The van der Waals surface area contributed by atoms with Gasteiger partial charge in [0.05, 0.1) is 17.4 Å². The molecule has 0 spiro atoms. The lowest BCUT2D eigenvalue weighted by molar-refractivity contribution is -0.119. The third-order valence-corrected chi connectivity index (χ3v) is 5.39. The van der Waals surface area contributed by atoms with Crippen molar-refractivity contribution in [2.24, 2.45) is 5.92 Å². The molecule has 0 saturated carbocycles. The second-order valence-electron chi connectivity index (χ2n) is 5.15. The fraction of sp³-hybridized carbons (Fsp3) is 0.267. The van der Waals surface area contributed by atoms with Gasteiger partial charge in [-0.05, 0) is 29.3 Å². The van der Waals surface area contributed by atoms with Gasteiger partial charge in [-0.25, -0.2) is 8.42 Å². The molecule has 4 nitrogen and oxygen atoms in total. The average molecular weight is 289 g/mol. The molecule has 0 aromatic heterocycles. The summed E-state index contributed by atoms with van der Waals surface area (Å²) in [5.41, 5.74) is 0.706. The number of carbonyl (C=O) groups excluding carboxylic acids is 1. The first-order chi connectivity index (χ1) is 9.53. The Kier molecular flexibility index (Phi) is 3.22. The van der Waals surface area contributed by atoms with Gasteiger partial charge >= 0.3 is 0 Å². The average Bonchev–Trinajstić information content (AvgIpc) is 2.79. The fourth-order valence-electron chi connectivity index (χ4n) is 2.51. The number of nitrogens with one attached hydrogen (secondary N) is 1. The van der Waals surface area contributed by atoms with Crippen LogP contribution in [0.1, 0.15) is 6.42 Å². The highest BCUT2D eigenvalue weighted by Gasteiger charge is 2.32. The molecule has 1 aliphatic rings. The minimum Gasteiger partial charge on any atom is -0.326 e. The lowest BCUT2D eigenvalue weighted by Gasteiger charge is -2.10. The lowest BCUT2D eigenvalue weighted by Crippen LogP contribution is -2.23. The van der Waals surface area contributed by atoms with Crippen molar-refractivity contribution in [3.05, 3.63) is 42.5 Å². The number of rotatable bonds is 2. The standard InChI is InChI=1S/C15H15NO3S/c17-15(13-7-8-20(18,19)10-13)16-14-6-5-11-3-1-2-4-12(11)9-14/h1-6,9,13H,7-8,10H2,(H,16,17). The smallest absolute Gasteiger partial charge is 0.228 e. The van der Waals surface area contributed by atoms with Crippen molar-refractivity contribution in [2.75, 3.05) is 16.8 Å². The normalized spacial score (nSPS) is 20.9. The van der Waals surface area contributed by atoms with Crippen LogP contribution < -0.4 is 5.32 Å². The summed E-state index contributed by atoms with van der Waals surface area (Å²) in [5, 5.41) is 4.96. The summed E-state index contributed by atoms with van der Waals surface area (Å²) < 4.78 is 22.8. The van der Waals surface area contributed by atoms with Crippen molar-refractivity contribution in [1.29, 1.82) is 0 Å². The Bertz CT molecular complexity index is 768. The van der Waals surface area contributed by atoms with E-state index in [0.29, 0.717) is 12.1 Å². The summed E-state index contributed by atoms with van der Waals surface area (Å²) in [6, 6.07) is 13.6. The minimum atomic E-state index is -3.03. The molecular formula is C15H15NO3S. The Labute approximate surface area is 117 Å². The molecule has 2 aromatic rings. The monoisotopic (exact) mass is 289 g/mol. The number of sulfone groups is 1. The van der Waals surface area contributed by atoms with Crippen LogP contribution in [0.5, 0.6) is 0 Å². The van der Waals surface area contributed by atoms with Crippen LogP contribution in [-0.2, 0) is 14.6 Å². The Balaban J connectivity index is 1.78. The number of carbonyl (C=O) groups is 1. The second kappa shape index (κ2) is 4.90. The van der Waals surface area contributed by atoms with Crippen molar-refractivity contribution in [2.45, 2.75) is 6.42 Å². The molecule has 5 heteroatoms. The number of anilines is 1. The van der Waals surface area contributed by atoms with Crippen LogP contribution in [0.4, 0.5) is 5.69 Å². The highest BCUT2D eigenvalue weighted by molar-refractivity contribution is 7.91. The van der Waals surface area contributed by atoms with Crippen LogP contribution in [0.25, 0.3) is 10.8 Å². The van der Waals surface area contributed by atoms with E-state index in [4.69, 9.17) is 0 Å². The Morgan fingerprint density at radius 1 is 1.10 bits per heavy atom. The molecule has 104 valence electrons. The molecule has 1 saturated heterocycles. The zero-order valence-electron chi connectivity index (χ0n) is 10.9. The molecule has 1 fully saturated rings. The predicted octanol–water partition coefficient (Wildman–Crippen LogP) is 2.21. The molecular weight excluding hydrogens is 274 g/mol. The van der Waals surface area contributed by atoms with Crippen LogP contribution in [-0.4, -0.2) is 25.8 Å². The van der Waals surface area contributed by atoms with Gasteiger partial charge in [-0.2, -0.15) is 0 Å². The van der Waals surface area contributed by atoms with E-state index in [1.54, 1.807) is 0 Å². The third-order valence-electron chi connectivity index (χ3n) is 3.62. The van der Waals surface area contributed by atoms with Gasteiger partial charge in [0.25, 0.3) is 0 Å². The summed E-state index contributed by atoms with van der Waals surface area (Å²) >= 11 is 0. The second-order valence-corrected chi connectivity index (χ2v) is 7.38. The van der Waals surface area contributed by atoms with Gasteiger partial charge in [0, 0.05) is 5.69 Å². The summed E-state index contributed by atoms with van der Waals surface area (Å²) in [6.45, 7) is 0. The van der Waals surface area contributed by atoms with E-state index in [9.17, 15) is 13.2 Å². The zero-order valence-corrected chi connectivity index (χ0v) is 11.7. The third kappa shape index (κ3) is 2.67. The molecule has 1 aliphatic heterocycles. The predicted molar refractivity (Wildman–Crippen MR) is 79.3 cm³/mol. The number of amides is 1. The Morgan fingerprint density at radius 2 is 1.85 bits per heavy atom. The van der Waals surface area contributed by atoms with Crippen LogP contribution >= 0.6 is 0 Å². The Hall–Kier alpha value is -1.88. The van der Waals surface area contributed by atoms with Crippen LogP contribution in [0, 0.1) is 5.92 Å². The molecule has 0 bridgehead atoms. The first-order valence-electron chi connectivity index (χ1n) is 6.54. The molecule has 1 amide bonds. The Morgan fingerprint density at radius 3 is 2.55 bits per heavy atom. The van der Waals surface area contributed by atoms with E-state index in [1.807, 2.05) is 42.5 Å². The molecule has 20 heavy (non-hydrogen) atoms. The van der Waals surface area contributed by atoms with E-state index >= 15 is 0 Å². The highest BCUT2D eigenvalue weighted by Crippen LogP contribution is 2.22. The van der Waals surface area contributed by atoms with E-state index in [1.165, 1.54) is 0 Å². The SMILES string of the molecule is O=C(Nc1ccc2ccccc2c1)C1CCS(=O)(=O)C1. The van der Waals surface area contributed by atoms with E-state index in [-0.39, 0.29) is 17.4 Å². The van der Waals surface area contributed by atoms with Crippen molar-refractivity contribution in [3.8, 4) is 0 Å². The molecule has 1 unspecified atom stereocenters. The lowest BCUT2D eigenvalue weighted by atomic mass is 10.1. The molecule has 0 radical (unpaired) electrons. The van der Waals surface area contributed by atoms with Gasteiger partial charge in [-0.1, -0.05) is 30.3 Å². The van der Waals surface area contributed by atoms with E-state index in [2.05, 4.69) is 5.32 Å². The number of hydrogen-bond acceptors (Lipinski definition) is 3. The molecule has 1 heterocycles. The first-order valence-corrected chi connectivity index (χ1v) is 8.36. The molecule has 3 rings (SSSR count). The summed E-state index contributed by atoms with van der Waals surface area (Å²) in [6.07, 6.45) is 0.418. The summed E-state index contributed by atoms with van der Waals surface area (Å²) in [5.74, 6) is -0.553. The topological polar surface area (TPSA) is 63.2 Å². The maximum absolute atomic E-state index is 12.1. The van der Waals surface area contributed by atoms with Crippen molar-refractivity contribution < 1.29 is 13.2 Å². The van der Waals surface area contributed by atoms with Crippen molar-refractivity contribution in [1.82, 2.24) is 0 Å². The highest BCUT2D eigenvalue weighted by atomic mass is 32.2. The molecule has 0 aliphatic carbocycles. The van der Waals surface area contributed by atoms with Gasteiger partial charge in [0.1, 0.15) is 0 Å². The van der Waals surface area contributed by atoms with Gasteiger partial charge in [0.15, 0.2) is 9.84 Å². The van der Waals surface area contributed by atoms with Gasteiger partial charge < -0.3 is 5.32 Å². The zero-order chi connectivity index (χ0) is 14.2. The van der Waals surface area contributed by atoms with E-state index < -0.39 is 15.8 Å². The van der Waals surface area contributed by atoms with Gasteiger partial charge in [-0.3, -0.25) is 4.79 Å². The summed E-state index contributed by atoms with van der Waals surface area (Å²) in [4.78, 5) is 12.1. The molecule has 1 atom stereocenters. The quantitative estimate of drug-likeness (QED) is 0.922. The number of fused-ring (bicyclic) bond motifs is 1. The van der Waals surface area contributed by atoms with Crippen LogP contribution in [0.3, 0.4) is 0 Å². The van der Waals surface area contributed by atoms with Crippen LogP contribution in [0.2, 0.25) is 0 Å². The van der Waals surface area contributed by atoms with Crippen molar-refractivity contribution >= 4 is 32.2 Å². The first kappa shape index (κ1) is 13.1. The minimum absolute atomic E-state index is 0.0353. The molecule has 2 aromatic carbocycles. The van der Waals surface area contributed by atoms with Crippen molar-refractivity contribution in [3.63, 3.8) is 0 Å². The maximum Gasteiger partial charge on any atom is 0.228 e. The number of benzene rings is 2. The van der Waals surface area contributed by atoms with E-state index in [0.717, 1.165) is 10.8 Å². The van der Waals surface area contributed by atoms with Gasteiger partial charge in [0.2, 0.25) is 5.91 Å². The fourth-order valence-corrected chi connectivity index (χ4v) is 4.25. The largest absolute Gasteiger partial charge is 0.326 e. The number of hydrogen-bond donors (Lipinski definition) is 1. The maximum atomic E-state index is 12.1. The van der Waals surface area contributed by atoms with Gasteiger partial charge in [-0.15, -0.1) is 0 Å². The molecule has 1 N–H and O–H groups in total. The summed E-state index contributed by atoms with van der Waals surface area (Å²) in [7, 11) is -3.03. The van der Waals surface area contributed by atoms with Crippen LogP contribution in [0.15, 0.2) is 42.5 Å².